The molecule has 4 heterocycles. The molecule has 1 saturated heterocycles. The van der Waals surface area contributed by atoms with E-state index < -0.39 is 47.5 Å². The maximum absolute atomic E-state index is 13.0. The van der Waals surface area contributed by atoms with Crippen molar-refractivity contribution in [3.05, 3.63) is 41.6 Å². The predicted molar refractivity (Wildman–Crippen MR) is 130 cm³/mol. The van der Waals surface area contributed by atoms with Gasteiger partial charge in [0.1, 0.15) is 11.4 Å². The number of anilines is 1. The Morgan fingerprint density at radius 2 is 2.14 bits per heavy atom. The van der Waals surface area contributed by atoms with Crippen LogP contribution in [0.2, 0.25) is 0 Å². The van der Waals surface area contributed by atoms with Crippen LogP contribution in [0.3, 0.4) is 0 Å². The Labute approximate surface area is 221 Å². The van der Waals surface area contributed by atoms with Crippen LogP contribution in [0, 0.1) is 0 Å². The van der Waals surface area contributed by atoms with Crippen LogP contribution in [0.15, 0.2) is 45.8 Å². The number of carboxylic acid groups (broad SMARTS) is 2. The number of fused-ring (bicyclic) bond motifs is 1. The minimum Gasteiger partial charge on any atom is -0.543 e. The number of β-lactam (4-membered cyclic amide) rings is 1. The van der Waals surface area contributed by atoms with E-state index in [0.717, 1.165) is 21.3 Å². The van der Waals surface area contributed by atoms with E-state index in [2.05, 4.69) is 24.7 Å². The van der Waals surface area contributed by atoms with Gasteiger partial charge in [-0.2, -0.15) is 9.36 Å². The number of nitrogens with one attached hydrogen (secondary N) is 1. The zero-order chi connectivity index (χ0) is 26.7. The number of hydrogen-bond acceptors (Lipinski definition) is 13. The van der Waals surface area contributed by atoms with Crippen LogP contribution in [-0.4, -0.2) is 78.9 Å². The molecule has 2 aliphatic rings. The van der Waals surface area contributed by atoms with Gasteiger partial charge in [0.2, 0.25) is 18.1 Å². The van der Waals surface area contributed by atoms with Crippen LogP contribution in [-0.2, 0) is 30.6 Å². The van der Waals surface area contributed by atoms with Gasteiger partial charge in [-0.15, -0.1) is 23.5 Å². The van der Waals surface area contributed by atoms with E-state index in [0.29, 0.717) is 5.57 Å². The van der Waals surface area contributed by atoms with Gasteiger partial charge in [0.05, 0.1) is 11.7 Å². The molecule has 2 aromatic rings. The molecule has 0 radical (unpaired) electrons. The summed E-state index contributed by atoms with van der Waals surface area (Å²) in [5, 5.41) is 26.1. The van der Waals surface area contributed by atoms with Crippen LogP contribution in [0.5, 0.6) is 0 Å². The smallest absolute Gasteiger partial charge is 0.344 e. The predicted octanol–water partition coefficient (Wildman–Crippen LogP) is -1.96. The van der Waals surface area contributed by atoms with Crippen LogP contribution in [0.1, 0.15) is 5.82 Å². The first kappa shape index (κ1) is 26.4. The van der Waals surface area contributed by atoms with Crippen LogP contribution in [0.25, 0.3) is 0 Å². The zero-order valence-corrected chi connectivity index (χ0v) is 21.5. The monoisotopic (exact) mass is 565 g/mol. The Morgan fingerprint density at radius 3 is 2.73 bits per heavy atom. The number of amides is 2. The number of nitrogens with two attached hydrogens (primary N) is 1. The number of nitrogen functional groups attached to an aromatic ring is 1. The van der Waals surface area contributed by atoms with E-state index in [4.69, 9.17) is 10.8 Å². The summed E-state index contributed by atoms with van der Waals surface area (Å²) in [6.45, 7) is -0.585. The topological polar surface area (TPSA) is 204 Å². The van der Waals surface area contributed by atoms with Crippen molar-refractivity contribution in [1.29, 1.82) is 0 Å². The minimum absolute atomic E-state index is 0.0275. The third kappa shape index (κ3) is 5.67. The van der Waals surface area contributed by atoms with E-state index in [9.17, 15) is 24.3 Å². The van der Waals surface area contributed by atoms with Gasteiger partial charge in [0, 0.05) is 39.9 Å². The molecule has 0 bridgehead atoms. The summed E-state index contributed by atoms with van der Waals surface area (Å²) >= 11 is 3.63. The molecule has 0 saturated carbocycles. The molecule has 37 heavy (non-hydrogen) atoms. The van der Waals surface area contributed by atoms with E-state index >= 15 is 0 Å². The second-order valence-electron chi connectivity index (χ2n) is 7.57. The lowest BCUT2D eigenvalue weighted by molar-refractivity contribution is -0.689. The molecular weight excluding hydrogens is 546 g/mol. The Balaban J connectivity index is 1.51. The van der Waals surface area contributed by atoms with Gasteiger partial charge in [-0.3, -0.25) is 14.5 Å². The van der Waals surface area contributed by atoms with E-state index in [1.54, 1.807) is 16.3 Å². The second kappa shape index (κ2) is 11.1. The van der Waals surface area contributed by atoms with Crippen molar-refractivity contribution < 1.29 is 38.8 Å². The van der Waals surface area contributed by atoms with Crippen molar-refractivity contribution in [2.24, 2.45) is 5.16 Å². The fourth-order valence-corrected chi connectivity index (χ4v) is 5.74. The van der Waals surface area contributed by atoms with Gasteiger partial charge in [0.15, 0.2) is 24.1 Å². The molecule has 17 heteroatoms. The second-order valence-corrected chi connectivity index (χ2v) is 10.3. The summed E-state index contributed by atoms with van der Waals surface area (Å²) in [7, 11) is 0. The highest BCUT2D eigenvalue weighted by Gasteiger charge is 2.53. The lowest BCUT2D eigenvalue weighted by Crippen LogP contribution is -2.71. The third-order valence-corrected chi connectivity index (χ3v) is 7.84. The Hall–Kier alpha value is -3.70. The van der Waals surface area contributed by atoms with Crippen LogP contribution in [0.4, 0.5) is 5.13 Å². The molecule has 4 rings (SSSR count). The summed E-state index contributed by atoms with van der Waals surface area (Å²) in [6, 6.07) is 2.71. The maximum atomic E-state index is 13.0. The van der Waals surface area contributed by atoms with E-state index in [-0.39, 0.29) is 29.0 Å². The molecule has 0 spiro atoms. The molecule has 2 aliphatic heterocycles. The van der Waals surface area contributed by atoms with Crippen molar-refractivity contribution in [3.63, 3.8) is 0 Å². The zero-order valence-electron chi connectivity index (χ0n) is 19.0. The first-order chi connectivity index (χ1) is 17.7. The number of carbonyl (C=O) groups excluding carboxylic acids is 3. The fourth-order valence-electron chi connectivity index (χ4n) is 3.58. The highest BCUT2D eigenvalue weighted by Crippen LogP contribution is 2.40. The molecular formula is C20H19N7O7S3. The number of rotatable bonds is 10. The number of aromatic nitrogens is 3. The van der Waals surface area contributed by atoms with Crippen molar-refractivity contribution in [3.8, 4) is 0 Å². The molecule has 1 fully saturated rings. The molecule has 2 atom stereocenters. The summed E-state index contributed by atoms with van der Waals surface area (Å²) in [5.74, 6) is -4.32. The number of aliphatic carboxylic acids is 2. The Bertz CT molecular complexity index is 1310. The standard InChI is InChI=1S/C20H19N7O7S3/c1-35-10-2-4-26(5-3-10)6-9-8-36-18-13(17(31)27(18)14(9)19(32)33)22-16(30)12(24-34-7-11(28)29)15-23-20(21)37-25-15/h2-5,13,18H,6-8H2,1H3,(H4-,21,22,23,25,28,29,30,32,33)/t13?,18-/m1/s1. The summed E-state index contributed by atoms with van der Waals surface area (Å²) in [5.41, 5.74) is 5.34. The quantitative estimate of drug-likeness (QED) is 0.0944. The SMILES string of the molecule is CSc1cc[n+](CC2=C(C(=O)[O-])N3C(=O)C(NC(=O)C(=NOCC(=O)O)c4nsc(N)n4)[C@H]3SC2)cc1. The highest BCUT2D eigenvalue weighted by molar-refractivity contribution is 8.00. The lowest BCUT2D eigenvalue weighted by atomic mass is 10.0. The number of nitrogens with zero attached hydrogens (tertiary/aromatic N) is 5. The van der Waals surface area contributed by atoms with Crippen molar-refractivity contribution >= 4 is 69.7 Å². The minimum atomic E-state index is -1.49. The van der Waals surface area contributed by atoms with Gasteiger partial charge in [-0.1, -0.05) is 5.16 Å². The average Bonchev–Trinajstić information content (AvgIpc) is 3.30. The van der Waals surface area contributed by atoms with Gasteiger partial charge < -0.3 is 30.9 Å². The first-order valence-corrected chi connectivity index (χ1v) is 13.5. The van der Waals surface area contributed by atoms with E-state index in [1.807, 2.05) is 30.8 Å². The Kier molecular flexibility index (Phi) is 7.94. The molecule has 4 N–H and O–H groups in total. The third-order valence-electron chi connectivity index (χ3n) is 5.21. The van der Waals surface area contributed by atoms with Gasteiger partial charge in [0.25, 0.3) is 11.8 Å². The van der Waals surface area contributed by atoms with Crippen molar-refractivity contribution in [1.82, 2.24) is 19.6 Å². The number of thioether (sulfide) groups is 2. The molecule has 14 nitrogen and oxygen atoms in total. The number of carbonyl (C=O) groups is 4. The van der Waals surface area contributed by atoms with Crippen LogP contribution >= 0.6 is 35.1 Å². The van der Waals surface area contributed by atoms with Crippen molar-refractivity contribution in [2.75, 3.05) is 24.3 Å². The average molecular weight is 566 g/mol. The van der Waals surface area contributed by atoms with Gasteiger partial charge >= 0.3 is 5.97 Å². The molecule has 0 aromatic carbocycles. The van der Waals surface area contributed by atoms with Crippen LogP contribution < -0.4 is 20.7 Å². The first-order valence-electron chi connectivity index (χ1n) is 10.4. The lowest BCUT2D eigenvalue weighted by Gasteiger charge is -2.50. The summed E-state index contributed by atoms with van der Waals surface area (Å²) in [4.78, 5) is 59.2. The molecule has 1 unspecified atom stereocenters. The normalized spacial score (nSPS) is 19.2. The number of carboxylic acids is 2. The molecule has 194 valence electrons. The highest BCUT2D eigenvalue weighted by atomic mass is 32.2. The summed E-state index contributed by atoms with van der Waals surface area (Å²) < 4.78 is 5.67. The molecule has 2 aromatic heterocycles. The fraction of sp³-hybridized carbons (Fsp3) is 0.300. The Morgan fingerprint density at radius 1 is 1.41 bits per heavy atom. The summed E-state index contributed by atoms with van der Waals surface area (Å²) in [6.07, 6.45) is 5.58. The molecule has 0 aliphatic carbocycles. The van der Waals surface area contributed by atoms with Crippen molar-refractivity contribution in [2.45, 2.75) is 22.9 Å². The van der Waals surface area contributed by atoms with Gasteiger partial charge in [-0.25, -0.2) is 9.36 Å². The number of pyridine rings is 1. The number of oxime groups is 1. The van der Waals surface area contributed by atoms with Gasteiger partial charge in [-0.05, 0) is 6.26 Å². The maximum Gasteiger partial charge on any atom is 0.344 e. The molecule has 2 amide bonds. The van der Waals surface area contributed by atoms with E-state index in [1.165, 1.54) is 11.8 Å². The number of hydrogen-bond donors (Lipinski definition) is 3. The largest absolute Gasteiger partial charge is 0.543 e.